The first-order chi connectivity index (χ1) is 4.89. The van der Waals surface area contributed by atoms with Gasteiger partial charge in [-0.05, 0) is 0 Å². The molecule has 5 heteroatoms. The molecule has 0 amide bonds. The smallest absolute Gasteiger partial charge is 0.336 e. The molecule has 0 aliphatic heterocycles. The second-order valence-corrected chi connectivity index (χ2v) is 3.32. The predicted octanol–water partition coefficient (Wildman–Crippen LogP) is 1.04. The summed E-state index contributed by atoms with van der Waals surface area (Å²) in [5.41, 5.74) is 5.91. The highest BCUT2D eigenvalue weighted by atomic mass is 16.4. The van der Waals surface area contributed by atoms with Gasteiger partial charge < -0.3 is 5.11 Å². The zero-order valence-electron chi connectivity index (χ0n) is 6.83. The van der Waals surface area contributed by atoms with Gasteiger partial charge in [-0.15, -0.1) is 0 Å². The third-order valence-corrected chi connectivity index (χ3v) is 1.23. The Morgan fingerprint density at radius 2 is 2.09 bits per heavy atom. The number of carbonyl (C=O) groups is 1. The fraction of sp³-hybridized carbons (Fsp3) is 0.833. The normalized spacial score (nSPS) is 13.4. The Morgan fingerprint density at radius 1 is 1.64 bits per heavy atom. The van der Waals surface area contributed by atoms with E-state index in [-0.39, 0.29) is 0 Å². The van der Waals surface area contributed by atoms with Gasteiger partial charge in [0.25, 0.3) is 0 Å². The van der Waals surface area contributed by atoms with E-state index in [1.807, 2.05) is 0 Å². The van der Waals surface area contributed by atoms with Gasteiger partial charge in [-0.2, -0.15) is 0 Å². The summed E-state index contributed by atoms with van der Waals surface area (Å²) >= 11 is 0. The molecule has 0 rings (SSSR count). The van der Waals surface area contributed by atoms with E-state index in [1.54, 1.807) is 20.8 Å². The monoisotopic (exact) mass is 158 g/mol. The standard InChI is InChI=1S/C6H11N3O2/c1-6(2,3)4(5(10)11)8-9-7/h4,7H,1-3H3/p+1. The number of carboxylic acids is 1. The van der Waals surface area contributed by atoms with Crippen LogP contribution in [0.15, 0.2) is 5.11 Å². The van der Waals surface area contributed by atoms with Crippen molar-refractivity contribution < 1.29 is 9.90 Å². The van der Waals surface area contributed by atoms with Crippen LogP contribution in [0.1, 0.15) is 20.8 Å². The van der Waals surface area contributed by atoms with Gasteiger partial charge in [0.05, 0.1) is 0 Å². The van der Waals surface area contributed by atoms with Crippen LogP contribution in [0.25, 0.3) is 0 Å². The SMILES string of the molecule is CC(C)(C)C(N=[N+]=N)C(=O)O. The van der Waals surface area contributed by atoms with Crippen molar-refractivity contribution in [3.63, 3.8) is 0 Å². The number of hydrogen-bond donors (Lipinski definition) is 2. The molecule has 0 aromatic rings. The minimum Gasteiger partial charge on any atom is -0.479 e. The number of nitrogens with zero attached hydrogens (tertiary/aromatic N) is 2. The van der Waals surface area contributed by atoms with Crippen molar-refractivity contribution in [2.24, 2.45) is 10.5 Å². The molecule has 5 nitrogen and oxygen atoms in total. The molecule has 2 N–H and O–H groups in total. The number of rotatable bonds is 2. The molecule has 0 saturated carbocycles. The van der Waals surface area contributed by atoms with Crippen LogP contribution in [0, 0.1) is 10.9 Å². The van der Waals surface area contributed by atoms with E-state index in [0.717, 1.165) is 0 Å². The Balaban J connectivity index is 4.61. The number of nitrogens with one attached hydrogen (secondary N) is 1. The lowest BCUT2D eigenvalue weighted by atomic mass is 9.87. The van der Waals surface area contributed by atoms with E-state index < -0.39 is 17.4 Å². The van der Waals surface area contributed by atoms with Crippen LogP contribution >= 0.6 is 0 Å². The minimum absolute atomic E-state index is 0.490. The molecule has 1 unspecified atom stereocenters. The van der Waals surface area contributed by atoms with Gasteiger partial charge in [-0.25, -0.2) is 4.79 Å². The van der Waals surface area contributed by atoms with Gasteiger partial charge in [0.2, 0.25) is 11.0 Å². The Bertz CT molecular complexity index is 198. The largest absolute Gasteiger partial charge is 0.479 e. The molecule has 1 atom stereocenters. The van der Waals surface area contributed by atoms with Gasteiger partial charge in [0, 0.05) is 5.41 Å². The van der Waals surface area contributed by atoms with Crippen molar-refractivity contribution in [2.75, 3.05) is 0 Å². The first-order valence-electron chi connectivity index (χ1n) is 3.19. The number of aliphatic carboxylic acids is 1. The lowest BCUT2D eigenvalue weighted by Crippen LogP contribution is -2.32. The van der Waals surface area contributed by atoms with Crippen molar-refractivity contribution in [3.8, 4) is 0 Å². The number of carboxylic acid groups (broad SMARTS) is 1. The Hall–Kier alpha value is -1.22. The summed E-state index contributed by atoms with van der Waals surface area (Å²) in [6.45, 7) is 5.21. The predicted molar refractivity (Wildman–Crippen MR) is 38.2 cm³/mol. The van der Waals surface area contributed by atoms with Crippen LogP contribution < -0.4 is 4.91 Å². The minimum atomic E-state index is -1.05. The topological polar surface area (TPSA) is 87.6 Å². The molecule has 0 aliphatic carbocycles. The zero-order chi connectivity index (χ0) is 9.07. The summed E-state index contributed by atoms with van der Waals surface area (Å²) in [4.78, 5) is 13.2. The van der Waals surface area contributed by atoms with E-state index in [2.05, 4.69) is 10.0 Å². The molecular formula is C6H12N3O2+. The van der Waals surface area contributed by atoms with Crippen LogP contribution in [-0.2, 0) is 4.79 Å². The van der Waals surface area contributed by atoms with Crippen LogP contribution in [0.5, 0.6) is 0 Å². The molecule has 0 heterocycles. The lowest BCUT2D eigenvalue weighted by Gasteiger charge is -2.17. The van der Waals surface area contributed by atoms with Gasteiger partial charge in [-0.3, -0.25) is 0 Å². The molecular weight excluding hydrogens is 146 g/mol. The summed E-state index contributed by atoms with van der Waals surface area (Å²) in [6, 6.07) is -0.931. The first kappa shape index (κ1) is 9.78. The second-order valence-electron chi connectivity index (χ2n) is 3.32. The average molecular weight is 158 g/mol. The molecule has 11 heavy (non-hydrogen) atoms. The number of hydrogen-bond acceptors (Lipinski definition) is 3. The molecule has 0 aromatic heterocycles. The zero-order valence-corrected chi connectivity index (χ0v) is 6.83. The first-order valence-corrected chi connectivity index (χ1v) is 3.19. The van der Waals surface area contributed by atoms with Gasteiger partial charge in [0.1, 0.15) is 10.6 Å². The molecule has 0 radical (unpaired) electrons. The molecule has 62 valence electrons. The Labute approximate surface area is 64.7 Å². The summed E-state index contributed by atoms with van der Waals surface area (Å²) < 4.78 is 0. The van der Waals surface area contributed by atoms with E-state index in [9.17, 15) is 4.79 Å². The third-order valence-electron chi connectivity index (χ3n) is 1.23. The van der Waals surface area contributed by atoms with Crippen molar-refractivity contribution >= 4 is 5.97 Å². The molecule has 0 fully saturated rings. The van der Waals surface area contributed by atoms with Crippen LogP contribution in [0.4, 0.5) is 0 Å². The van der Waals surface area contributed by atoms with Gasteiger partial charge in [0.15, 0.2) is 0 Å². The van der Waals surface area contributed by atoms with Gasteiger partial charge >= 0.3 is 5.97 Å². The van der Waals surface area contributed by atoms with E-state index in [4.69, 9.17) is 10.6 Å². The van der Waals surface area contributed by atoms with Gasteiger partial charge in [-0.1, -0.05) is 20.8 Å². The second kappa shape index (κ2) is 3.25. The van der Waals surface area contributed by atoms with E-state index >= 15 is 0 Å². The van der Waals surface area contributed by atoms with Crippen LogP contribution in [0.2, 0.25) is 0 Å². The van der Waals surface area contributed by atoms with Crippen molar-refractivity contribution in [1.29, 1.82) is 5.53 Å². The summed E-state index contributed by atoms with van der Waals surface area (Å²) in [7, 11) is 0. The van der Waals surface area contributed by atoms with Crippen LogP contribution in [0.3, 0.4) is 0 Å². The maximum atomic E-state index is 10.5. The summed E-state index contributed by atoms with van der Waals surface area (Å²) in [5, 5.41) is 11.9. The molecule has 0 aliphatic rings. The van der Waals surface area contributed by atoms with Crippen molar-refractivity contribution in [2.45, 2.75) is 26.8 Å². The molecule has 0 saturated heterocycles. The molecule has 0 bridgehead atoms. The molecule has 0 spiro atoms. The Kier molecular flexibility index (Phi) is 2.89. The summed E-state index contributed by atoms with van der Waals surface area (Å²) in [6.07, 6.45) is 0. The third kappa shape index (κ3) is 2.91. The maximum absolute atomic E-state index is 10.5. The quantitative estimate of drug-likeness (QED) is 0.464. The average Bonchev–Trinajstić information content (AvgIpc) is 1.79. The lowest BCUT2D eigenvalue weighted by molar-refractivity contribution is -0.141. The molecule has 0 aromatic carbocycles. The maximum Gasteiger partial charge on any atom is 0.336 e. The highest BCUT2D eigenvalue weighted by molar-refractivity contribution is 5.74. The van der Waals surface area contributed by atoms with Crippen molar-refractivity contribution in [1.82, 2.24) is 4.91 Å². The Morgan fingerprint density at radius 3 is 2.18 bits per heavy atom. The fourth-order valence-electron chi connectivity index (χ4n) is 0.651. The highest BCUT2D eigenvalue weighted by Crippen LogP contribution is 2.21. The van der Waals surface area contributed by atoms with E-state index in [0.29, 0.717) is 0 Å². The summed E-state index contributed by atoms with van der Waals surface area (Å²) in [5.74, 6) is -1.05. The highest BCUT2D eigenvalue weighted by Gasteiger charge is 2.35. The van der Waals surface area contributed by atoms with E-state index in [1.165, 1.54) is 0 Å². The van der Waals surface area contributed by atoms with Crippen LogP contribution in [-0.4, -0.2) is 17.1 Å². The fourth-order valence-corrected chi connectivity index (χ4v) is 0.651. The van der Waals surface area contributed by atoms with Crippen molar-refractivity contribution in [3.05, 3.63) is 0 Å².